The van der Waals surface area contributed by atoms with Gasteiger partial charge in [-0.2, -0.15) is 0 Å². The van der Waals surface area contributed by atoms with E-state index in [0.717, 1.165) is 19.3 Å². The lowest BCUT2D eigenvalue weighted by Gasteiger charge is -1.87. The molecule has 14 heavy (non-hydrogen) atoms. The first-order valence-electron chi connectivity index (χ1n) is 5.13. The van der Waals surface area contributed by atoms with Crippen molar-refractivity contribution >= 4 is 0 Å². The summed E-state index contributed by atoms with van der Waals surface area (Å²) >= 11 is 0. The molecule has 1 rings (SSSR count). The summed E-state index contributed by atoms with van der Waals surface area (Å²) in [6.07, 6.45) is 26.5. The molecule has 0 heterocycles. The Morgan fingerprint density at radius 2 is 1.07 bits per heavy atom. The maximum atomic E-state index is 2.19. The lowest BCUT2D eigenvalue weighted by Crippen LogP contribution is -1.67. The molecule has 0 saturated carbocycles. The zero-order valence-corrected chi connectivity index (χ0v) is 8.47. The second kappa shape index (κ2) is 8.31. The molecule has 0 saturated heterocycles. The fraction of sp³-hybridized carbons (Fsp3) is 0.214. The average molecular weight is 185 g/mol. The van der Waals surface area contributed by atoms with Crippen molar-refractivity contribution in [3.8, 4) is 0 Å². The molecule has 0 heteroatoms. The summed E-state index contributed by atoms with van der Waals surface area (Å²) in [5.41, 5.74) is 0. The highest BCUT2D eigenvalue weighted by Gasteiger charge is 1.77. The molecule has 0 aromatic carbocycles. The van der Waals surface area contributed by atoms with E-state index in [4.69, 9.17) is 0 Å². The Morgan fingerprint density at radius 3 is 1.93 bits per heavy atom. The van der Waals surface area contributed by atoms with Crippen LogP contribution in [0, 0.1) is 6.42 Å². The largest absolute Gasteiger partial charge is 0.0876 e. The van der Waals surface area contributed by atoms with Gasteiger partial charge in [0.05, 0.1) is 0 Å². The molecule has 0 unspecified atom stereocenters. The first kappa shape index (κ1) is 10.8. The molecule has 0 fully saturated rings. The minimum Gasteiger partial charge on any atom is -0.0876 e. The molecule has 1 aliphatic rings. The van der Waals surface area contributed by atoms with Crippen molar-refractivity contribution in [1.29, 1.82) is 0 Å². The van der Waals surface area contributed by atoms with E-state index in [1.807, 2.05) is 0 Å². The SMILES string of the molecule is [CH]1/C=C/C/C=C/C=C\C=C\CC/C=C/1. The summed E-state index contributed by atoms with van der Waals surface area (Å²) in [5, 5.41) is 0. The number of rotatable bonds is 0. The molecule has 0 aromatic heterocycles. The van der Waals surface area contributed by atoms with Crippen LogP contribution in [0.4, 0.5) is 0 Å². The molecule has 0 N–H and O–H groups in total. The third-order valence-electron chi connectivity index (χ3n) is 1.87. The van der Waals surface area contributed by atoms with Gasteiger partial charge >= 0.3 is 0 Å². The molecule has 0 aromatic rings. The molecule has 0 atom stereocenters. The van der Waals surface area contributed by atoms with E-state index in [1.54, 1.807) is 0 Å². The van der Waals surface area contributed by atoms with Crippen LogP contribution in [0.1, 0.15) is 19.3 Å². The van der Waals surface area contributed by atoms with Crippen molar-refractivity contribution in [2.75, 3.05) is 0 Å². The average Bonchev–Trinajstić information content (AvgIpc) is 2.22. The van der Waals surface area contributed by atoms with Gasteiger partial charge in [0.2, 0.25) is 0 Å². The summed E-state index contributed by atoms with van der Waals surface area (Å²) in [4.78, 5) is 0. The van der Waals surface area contributed by atoms with Crippen molar-refractivity contribution in [1.82, 2.24) is 0 Å². The topological polar surface area (TPSA) is 0 Å². The minimum atomic E-state index is 0.998. The van der Waals surface area contributed by atoms with Crippen molar-refractivity contribution in [2.24, 2.45) is 0 Å². The maximum absolute atomic E-state index is 2.19. The minimum absolute atomic E-state index is 0.998. The van der Waals surface area contributed by atoms with Gasteiger partial charge in [0.25, 0.3) is 0 Å². The lowest BCUT2D eigenvalue weighted by atomic mass is 10.2. The monoisotopic (exact) mass is 185 g/mol. The second-order valence-corrected chi connectivity index (χ2v) is 3.10. The van der Waals surface area contributed by atoms with Crippen molar-refractivity contribution in [2.45, 2.75) is 19.3 Å². The van der Waals surface area contributed by atoms with E-state index in [2.05, 4.69) is 67.2 Å². The van der Waals surface area contributed by atoms with Gasteiger partial charge in [0, 0.05) is 6.42 Å². The van der Waals surface area contributed by atoms with Gasteiger partial charge in [0.15, 0.2) is 0 Å². The number of hydrogen-bond donors (Lipinski definition) is 0. The molecule has 0 spiro atoms. The van der Waals surface area contributed by atoms with Crippen LogP contribution in [-0.2, 0) is 0 Å². The summed E-state index contributed by atoms with van der Waals surface area (Å²) in [5.74, 6) is 0. The first-order valence-corrected chi connectivity index (χ1v) is 5.13. The molecular weight excluding hydrogens is 168 g/mol. The summed E-state index contributed by atoms with van der Waals surface area (Å²) < 4.78 is 0. The zero-order valence-electron chi connectivity index (χ0n) is 8.47. The molecule has 1 radical (unpaired) electrons. The van der Waals surface area contributed by atoms with Crippen molar-refractivity contribution in [3.63, 3.8) is 0 Å². The highest BCUT2D eigenvalue weighted by atomic mass is 13.8. The quantitative estimate of drug-likeness (QED) is 0.531. The molecule has 0 nitrogen and oxygen atoms in total. The van der Waals surface area contributed by atoms with E-state index in [1.165, 1.54) is 0 Å². The van der Waals surface area contributed by atoms with E-state index < -0.39 is 0 Å². The van der Waals surface area contributed by atoms with E-state index in [0.29, 0.717) is 0 Å². The van der Waals surface area contributed by atoms with Gasteiger partial charge in [-0.05, 0) is 19.3 Å². The molecule has 0 bridgehead atoms. The van der Waals surface area contributed by atoms with Crippen molar-refractivity contribution < 1.29 is 0 Å². The summed E-state index contributed by atoms with van der Waals surface area (Å²) in [7, 11) is 0. The highest BCUT2D eigenvalue weighted by molar-refractivity contribution is 5.14. The Morgan fingerprint density at radius 1 is 0.500 bits per heavy atom. The van der Waals surface area contributed by atoms with Gasteiger partial charge in [-0.15, -0.1) is 0 Å². The summed E-state index contributed by atoms with van der Waals surface area (Å²) in [6, 6.07) is 0. The molecule has 1 aliphatic carbocycles. The fourth-order valence-electron chi connectivity index (χ4n) is 1.13. The van der Waals surface area contributed by atoms with Crippen LogP contribution in [0.3, 0.4) is 0 Å². The van der Waals surface area contributed by atoms with Gasteiger partial charge in [-0.25, -0.2) is 0 Å². The Kier molecular flexibility index (Phi) is 6.39. The lowest BCUT2D eigenvalue weighted by molar-refractivity contribution is 1.05. The van der Waals surface area contributed by atoms with Gasteiger partial charge in [0.1, 0.15) is 0 Å². The fourth-order valence-corrected chi connectivity index (χ4v) is 1.13. The normalized spacial score (nSPS) is 29.7. The van der Waals surface area contributed by atoms with Crippen LogP contribution in [0.15, 0.2) is 60.8 Å². The summed E-state index contributed by atoms with van der Waals surface area (Å²) in [6.45, 7) is 0. The molecule has 0 amide bonds. The smallest absolute Gasteiger partial charge is 0.00442 e. The predicted octanol–water partition coefficient (Wildman–Crippen LogP) is 4.16. The second-order valence-electron chi connectivity index (χ2n) is 3.10. The van der Waals surface area contributed by atoms with Crippen LogP contribution >= 0.6 is 0 Å². The van der Waals surface area contributed by atoms with E-state index in [-0.39, 0.29) is 0 Å². The highest BCUT2D eigenvalue weighted by Crippen LogP contribution is 1.97. The van der Waals surface area contributed by atoms with E-state index >= 15 is 0 Å². The van der Waals surface area contributed by atoms with Crippen LogP contribution < -0.4 is 0 Å². The zero-order chi connectivity index (χ0) is 9.90. The van der Waals surface area contributed by atoms with Gasteiger partial charge < -0.3 is 0 Å². The Balaban J connectivity index is 2.45. The third-order valence-corrected chi connectivity index (χ3v) is 1.87. The van der Waals surface area contributed by atoms with Crippen LogP contribution in [0.25, 0.3) is 0 Å². The Labute approximate surface area is 87.0 Å². The van der Waals surface area contributed by atoms with Crippen LogP contribution in [0.5, 0.6) is 0 Å². The standard InChI is InChI=1S/C14H17/c1-2-4-6-8-10-12-14-13-11-9-7-5-3-1/h1-6,9,11-14H,7-8,10H2/b2-1-,5-3+,6-4+,11-9+,14-12+. The van der Waals surface area contributed by atoms with Gasteiger partial charge in [-0.3, -0.25) is 0 Å². The number of allylic oxidation sites excluding steroid dienone is 10. The predicted molar refractivity (Wildman–Crippen MR) is 63.9 cm³/mol. The Hall–Kier alpha value is -1.30. The van der Waals surface area contributed by atoms with Gasteiger partial charge in [-0.1, -0.05) is 60.8 Å². The van der Waals surface area contributed by atoms with E-state index in [9.17, 15) is 0 Å². The molecule has 0 aliphatic heterocycles. The first-order chi connectivity index (χ1) is 7.00. The number of hydrogen-bond acceptors (Lipinski definition) is 0. The maximum Gasteiger partial charge on any atom is 0.00442 e. The molecule has 73 valence electrons. The van der Waals surface area contributed by atoms with Crippen LogP contribution in [0.2, 0.25) is 0 Å². The third kappa shape index (κ3) is 6.24. The molecular formula is C14H17. The van der Waals surface area contributed by atoms with Crippen molar-refractivity contribution in [3.05, 3.63) is 67.2 Å². The van der Waals surface area contributed by atoms with Crippen LogP contribution in [-0.4, -0.2) is 0 Å². The Bertz CT molecular complexity index is 262.